The minimum Gasteiger partial charge on any atom is -0.491 e. The molecule has 0 amide bonds. The molecule has 19 heavy (non-hydrogen) atoms. The first-order valence-corrected chi connectivity index (χ1v) is 6.03. The van der Waals surface area contributed by atoms with Crippen LogP contribution in [-0.2, 0) is 6.54 Å². The fourth-order valence-electron chi connectivity index (χ4n) is 1.81. The molecule has 5 nitrogen and oxygen atoms in total. The highest BCUT2D eigenvalue weighted by molar-refractivity contribution is 5.49. The second-order valence-electron chi connectivity index (χ2n) is 4.22. The molecule has 6 heteroatoms. The number of H-pyrrole nitrogens is 1. The van der Waals surface area contributed by atoms with Crippen molar-refractivity contribution in [1.82, 2.24) is 10.2 Å². The lowest BCUT2D eigenvalue weighted by molar-refractivity contribution is 0.321. The number of benzene rings is 1. The number of nitrogens with zero attached hydrogens (tertiary/aromatic N) is 2. The van der Waals surface area contributed by atoms with Gasteiger partial charge in [-0.05, 0) is 19.1 Å². The lowest BCUT2D eigenvalue weighted by Crippen LogP contribution is -2.16. The van der Waals surface area contributed by atoms with Crippen LogP contribution in [0.4, 0.5) is 15.9 Å². The summed E-state index contributed by atoms with van der Waals surface area (Å²) in [4.78, 5) is 1.89. The highest BCUT2D eigenvalue weighted by Crippen LogP contribution is 2.24. The number of ether oxygens (including phenoxy) is 1. The Hall–Kier alpha value is -2.24. The maximum Gasteiger partial charge on any atom is 0.167 e. The van der Waals surface area contributed by atoms with Gasteiger partial charge in [0.05, 0.1) is 18.8 Å². The third kappa shape index (κ3) is 3.15. The molecule has 0 fully saturated rings. The predicted octanol–water partition coefficient (Wildman–Crippen LogP) is 2.17. The van der Waals surface area contributed by atoms with E-state index in [1.54, 1.807) is 12.1 Å². The van der Waals surface area contributed by atoms with Gasteiger partial charge in [-0.1, -0.05) is 0 Å². The van der Waals surface area contributed by atoms with Crippen LogP contribution in [0.1, 0.15) is 12.6 Å². The smallest absolute Gasteiger partial charge is 0.167 e. The molecule has 1 aromatic heterocycles. The average molecular weight is 264 g/mol. The van der Waals surface area contributed by atoms with Crippen molar-refractivity contribution in [2.75, 3.05) is 24.3 Å². The normalized spacial score (nSPS) is 10.5. The van der Waals surface area contributed by atoms with Gasteiger partial charge < -0.3 is 15.4 Å². The number of hydrogen-bond donors (Lipinski definition) is 2. The fraction of sp³-hybridized carbons (Fsp3) is 0.308. The molecule has 0 unspecified atom stereocenters. The second kappa shape index (κ2) is 5.60. The van der Waals surface area contributed by atoms with Crippen molar-refractivity contribution in [3.8, 4) is 5.75 Å². The molecule has 1 aromatic carbocycles. The molecule has 0 spiro atoms. The van der Waals surface area contributed by atoms with E-state index >= 15 is 0 Å². The van der Waals surface area contributed by atoms with E-state index in [9.17, 15) is 4.39 Å². The number of aromatic amines is 1. The third-order valence-corrected chi connectivity index (χ3v) is 2.71. The van der Waals surface area contributed by atoms with Gasteiger partial charge in [0.25, 0.3) is 0 Å². The molecule has 0 saturated carbocycles. The van der Waals surface area contributed by atoms with Gasteiger partial charge in [-0.25, -0.2) is 4.39 Å². The quantitative estimate of drug-likeness (QED) is 0.868. The Kier molecular flexibility index (Phi) is 3.89. The van der Waals surface area contributed by atoms with Crippen molar-refractivity contribution in [2.24, 2.45) is 0 Å². The number of nitrogens with two attached hydrogens (primary N) is 1. The van der Waals surface area contributed by atoms with Gasteiger partial charge in [0.2, 0.25) is 0 Å². The monoisotopic (exact) mass is 264 g/mol. The number of anilines is 2. The molecule has 0 saturated heterocycles. The van der Waals surface area contributed by atoms with Crippen molar-refractivity contribution < 1.29 is 9.13 Å². The minimum atomic E-state index is -0.365. The maximum atomic E-state index is 13.7. The highest BCUT2D eigenvalue weighted by Gasteiger charge is 2.09. The first-order chi connectivity index (χ1) is 9.10. The standard InChI is InChI=1S/C13H17FN4O/c1-3-19-12-5-4-10(7-11(12)14)18(2)8-9-6-13(15)17-16-9/h4-7H,3,8H2,1-2H3,(H3,15,16,17). The molecular weight excluding hydrogens is 247 g/mol. The lowest BCUT2D eigenvalue weighted by atomic mass is 10.2. The van der Waals surface area contributed by atoms with E-state index in [1.807, 2.05) is 24.9 Å². The van der Waals surface area contributed by atoms with Crippen molar-refractivity contribution >= 4 is 11.5 Å². The fourth-order valence-corrected chi connectivity index (χ4v) is 1.81. The number of nitrogen functional groups attached to an aromatic ring is 1. The van der Waals surface area contributed by atoms with Gasteiger partial charge in [0.15, 0.2) is 11.6 Å². The van der Waals surface area contributed by atoms with E-state index in [-0.39, 0.29) is 11.6 Å². The lowest BCUT2D eigenvalue weighted by Gasteiger charge is -2.19. The van der Waals surface area contributed by atoms with Crippen LogP contribution in [0, 0.1) is 5.82 Å². The Morgan fingerprint density at radius 3 is 2.79 bits per heavy atom. The summed E-state index contributed by atoms with van der Waals surface area (Å²) >= 11 is 0. The van der Waals surface area contributed by atoms with E-state index in [1.165, 1.54) is 6.07 Å². The summed E-state index contributed by atoms with van der Waals surface area (Å²) in [6.45, 7) is 2.83. The van der Waals surface area contributed by atoms with Crippen molar-refractivity contribution in [3.05, 3.63) is 35.8 Å². The molecular formula is C13H17FN4O. The zero-order valence-corrected chi connectivity index (χ0v) is 11.0. The molecule has 1 heterocycles. The molecule has 0 radical (unpaired) electrons. The number of rotatable bonds is 5. The number of hydrogen-bond acceptors (Lipinski definition) is 4. The molecule has 3 N–H and O–H groups in total. The largest absolute Gasteiger partial charge is 0.491 e. The van der Waals surface area contributed by atoms with Gasteiger partial charge in [0.1, 0.15) is 5.82 Å². The topological polar surface area (TPSA) is 67.2 Å². The van der Waals surface area contributed by atoms with Crippen molar-refractivity contribution in [1.29, 1.82) is 0 Å². The van der Waals surface area contributed by atoms with Gasteiger partial charge in [-0.3, -0.25) is 5.10 Å². The van der Waals surface area contributed by atoms with Gasteiger partial charge in [0, 0.05) is 24.9 Å². The molecule has 0 aliphatic carbocycles. The summed E-state index contributed by atoms with van der Waals surface area (Å²) in [6, 6.07) is 6.64. The summed E-state index contributed by atoms with van der Waals surface area (Å²) in [6.07, 6.45) is 0. The summed E-state index contributed by atoms with van der Waals surface area (Å²) in [5.41, 5.74) is 7.16. The van der Waals surface area contributed by atoms with Crippen LogP contribution >= 0.6 is 0 Å². The Bertz CT molecular complexity index is 555. The summed E-state index contributed by atoms with van der Waals surface area (Å²) in [5, 5.41) is 6.67. The van der Waals surface area contributed by atoms with Crippen LogP contribution < -0.4 is 15.4 Å². The molecule has 0 aliphatic rings. The van der Waals surface area contributed by atoms with Crippen molar-refractivity contribution in [2.45, 2.75) is 13.5 Å². The Morgan fingerprint density at radius 2 is 2.21 bits per heavy atom. The predicted molar refractivity (Wildman–Crippen MR) is 72.7 cm³/mol. The number of nitrogens with one attached hydrogen (secondary N) is 1. The molecule has 0 bridgehead atoms. The van der Waals surface area contributed by atoms with E-state index in [0.29, 0.717) is 19.0 Å². The molecule has 0 atom stereocenters. The van der Waals surface area contributed by atoms with E-state index in [4.69, 9.17) is 10.5 Å². The van der Waals surface area contributed by atoms with Crippen LogP contribution in [0.2, 0.25) is 0 Å². The second-order valence-corrected chi connectivity index (χ2v) is 4.22. The first-order valence-electron chi connectivity index (χ1n) is 6.03. The van der Waals surface area contributed by atoms with Crippen LogP contribution in [0.25, 0.3) is 0 Å². The third-order valence-electron chi connectivity index (χ3n) is 2.71. The Morgan fingerprint density at radius 1 is 1.42 bits per heavy atom. The Labute approximate surface area is 111 Å². The highest BCUT2D eigenvalue weighted by atomic mass is 19.1. The van der Waals surface area contributed by atoms with Crippen LogP contribution in [0.5, 0.6) is 5.75 Å². The molecule has 2 rings (SSSR count). The minimum absolute atomic E-state index is 0.269. The molecule has 2 aromatic rings. The van der Waals surface area contributed by atoms with Crippen molar-refractivity contribution in [3.63, 3.8) is 0 Å². The summed E-state index contributed by atoms with van der Waals surface area (Å²) in [7, 11) is 1.87. The van der Waals surface area contributed by atoms with Gasteiger partial charge >= 0.3 is 0 Å². The van der Waals surface area contributed by atoms with Crippen LogP contribution in [0.15, 0.2) is 24.3 Å². The van der Waals surface area contributed by atoms with Crippen LogP contribution in [-0.4, -0.2) is 23.9 Å². The number of aromatic nitrogens is 2. The van der Waals surface area contributed by atoms with Gasteiger partial charge in [-0.2, -0.15) is 5.10 Å². The van der Waals surface area contributed by atoms with E-state index in [2.05, 4.69) is 10.2 Å². The maximum absolute atomic E-state index is 13.7. The zero-order valence-electron chi connectivity index (χ0n) is 11.0. The average Bonchev–Trinajstić information content (AvgIpc) is 2.77. The SMILES string of the molecule is CCOc1ccc(N(C)Cc2cc(N)n[nH]2)cc1F. The summed E-state index contributed by atoms with van der Waals surface area (Å²) < 4.78 is 18.9. The number of halogens is 1. The van der Waals surface area contributed by atoms with E-state index < -0.39 is 0 Å². The molecule has 0 aliphatic heterocycles. The first kappa shape index (κ1) is 13.2. The van der Waals surface area contributed by atoms with Gasteiger partial charge in [-0.15, -0.1) is 0 Å². The Balaban J connectivity index is 2.10. The van der Waals surface area contributed by atoms with Crippen LogP contribution in [0.3, 0.4) is 0 Å². The molecule has 102 valence electrons. The van der Waals surface area contributed by atoms with E-state index in [0.717, 1.165) is 11.4 Å². The summed E-state index contributed by atoms with van der Waals surface area (Å²) in [5.74, 6) is 0.349. The zero-order chi connectivity index (χ0) is 13.8.